The van der Waals surface area contributed by atoms with E-state index in [1.165, 1.54) is 12.1 Å². The highest BCUT2D eigenvalue weighted by atomic mass is 127. The number of unbranched alkanes of at least 4 members (excludes halogenated alkanes) is 1. The van der Waals surface area contributed by atoms with Crippen LogP contribution in [-0.4, -0.2) is 154 Å². The maximum absolute atomic E-state index is 14.5. The van der Waals surface area contributed by atoms with Crippen LogP contribution in [0.5, 0.6) is 5.75 Å². The van der Waals surface area contributed by atoms with Crippen molar-refractivity contribution in [2.45, 2.75) is 265 Å². The molecule has 0 fully saturated rings. The lowest BCUT2D eigenvalue weighted by molar-refractivity contribution is -0.160. The molecule has 100 heavy (non-hydrogen) atoms. The number of urea groups is 1. The number of hydrogen-bond donors (Lipinski definition) is 7. The van der Waals surface area contributed by atoms with Crippen LogP contribution in [0.15, 0.2) is 78.9 Å². The highest BCUT2D eigenvalue weighted by Gasteiger charge is 2.36. The number of rotatable bonds is 34. The minimum atomic E-state index is -1.51. The normalized spacial score (nSPS) is 13.7. The lowest BCUT2D eigenvalue weighted by Gasteiger charge is -2.28. The summed E-state index contributed by atoms with van der Waals surface area (Å²) in [5.41, 5.74) is -3.96. The second kappa shape index (κ2) is 39.0. The Morgan fingerprint density at radius 1 is 0.380 bits per heavy atom. The molecular formula is C73H106IN7O19. The molecule has 26 nitrogen and oxygen atoms in total. The number of hydrogen-bond acceptors (Lipinski definition) is 19. The second-order valence-corrected chi connectivity index (χ2v) is 31.3. The van der Waals surface area contributed by atoms with E-state index in [-0.39, 0.29) is 82.1 Å². The molecule has 0 aliphatic rings. The minimum absolute atomic E-state index is 0.0544. The van der Waals surface area contributed by atoms with Crippen LogP contribution in [0.4, 0.5) is 4.79 Å². The van der Waals surface area contributed by atoms with Crippen LogP contribution in [-0.2, 0) is 89.2 Å². The first-order valence-electron chi connectivity index (χ1n) is 33.5. The van der Waals surface area contributed by atoms with Gasteiger partial charge in [0.1, 0.15) is 75.6 Å². The van der Waals surface area contributed by atoms with E-state index in [0.29, 0.717) is 12.0 Å². The topological polar surface area (TPSA) is 354 Å². The van der Waals surface area contributed by atoms with Gasteiger partial charge in [0.2, 0.25) is 17.7 Å². The molecule has 0 aromatic heterocycles. The summed E-state index contributed by atoms with van der Waals surface area (Å²) in [6, 6.07) is 13.0. The van der Waals surface area contributed by atoms with Crippen molar-refractivity contribution in [1.82, 2.24) is 37.2 Å². The van der Waals surface area contributed by atoms with Gasteiger partial charge < -0.3 is 70.4 Å². The lowest BCUT2D eigenvalue weighted by Crippen LogP contribution is -2.56. The molecule has 0 unspecified atom stereocenters. The summed E-state index contributed by atoms with van der Waals surface area (Å²) >= 11 is 2.08. The molecule has 0 saturated heterocycles. The summed E-state index contributed by atoms with van der Waals surface area (Å²) < 4.78 is 40.0. The van der Waals surface area contributed by atoms with Gasteiger partial charge >= 0.3 is 41.8 Å². The Kier molecular flexibility index (Phi) is 33.5. The zero-order valence-electron chi connectivity index (χ0n) is 61.3. The molecule has 3 aromatic carbocycles. The summed E-state index contributed by atoms with van der Waals surface area (Å²) in [6.07, 6.45) is -0.995. The highest BCUT2D eigenvalue weighted by molar-refractivity contribution is 14.1. The summed E-state index contributed by atoms with van der Waals surface area (Å²) in [7, 11) is 0. The number of halogens is 1. The van der Waals surface area contributed by atoms with Crippen LogP contribution in [0, 0.1) is 3.57 Å². The SMILES string of the molecule is CC(C)(C)OC(=O)CC[C@H](NC(=O)c1ccc(I)cc1)C(=O)N[C@@H](CCC(=O)OC(C)(C)C)C(=O)N[C@@H](Cc1ccc(OCC(=O)N[C@@H](Cc2ccccc2)C(=O)NCCCC[C@H](NC(=O)N[C@@H](CCC(=O)OC(C)(C)C)C(=O)OC(C)(C)C)C(=O)OC(C)(C)C)cc1)C(=O)OC(C)(C)C. The van der Waals surface area contributed by atoms with E-state index in [1.54, 1.807) is 191 Å². The van der Waals surface area contributed by atoms with Crippen molar-refractivity contribution in [2.24, 2.45) is 0 Å². The van der Waals surface area contributed by atoms with E-state index in [2.05, 4.69) is 59.8 Å². The molecule has 0 radical (unpaired) electrons. The molecule has 3 rings (SSSR count). The Morgan fingerprint density at radius 3 is 1.22 bits per heavy atom. The van der Waals surface area contributed by atoms with Crippen molar-refractivity contribution >= 4 is 94.0 Å². The molecule has 7 amide bonds. The molecule has 27 heteroatoms. The molecule has 554 valence electrons. The summed E-state index contributed by atoms with van der Waals surface area (Å²) in [6.45, 7) is 29.6. The van der Waals surface area contributed by atoms with Gasteiger partial charge in [0.15, 0.2) is 6.61 Å². The van der Waals surface area contributed by atoms with E-state index < -0.39 is 148 Å². The van der Waals surface area contributed by atoms with Crippen LogP contribution in [0.2, 0.25) is 0 Å². The number of amides is 7. The highest BCUT2D eigenvalue weighted by Crippen LogP contribution is 2.21. The van der Waals surface area contributed by atoms with Crippen LogP contribution >= 0.6 is 22.6 Å². The van der Waals surface area contributed by atoms with Gasteiger partial charge in [0, 0.05) is 47.8 Å². The van der Waals surface area contributed by atoms with Gasteiger partial charge in [-0.05, 0) is 233 Å². The van der Waals surface area contributed by atoms with Crippen molar-refractivity contribution < 1.29 is 90.7 Å². The quantitative estimate of drug-likeness (QED) is 0.0128. The average molecular weight is 1510 g/mol. The third-order valence-corrected chi connectivity index (χ3v) is 14.1. The molecule has 0 saturated carbocycles. The maximum atomic E-state index is 14.5. The molecule has 0 spiro atoms. The standard InChI is InChI=1S/C73H106IN7O19/c1-68(2,3)95-57(83)38-35-50(77-60(86)47-29-31-48(74)32-30-47)62(88)78-51(36-39-58(84)96-69(4,5)6)63(89)79-55(66(92)100-73(16,17)18)43-46-27-33-49(34-28-46)94-44-56(82)76-54(42-45-24-20-19-21-25-45)61(87)75-41-23-22-26-52(64(90)98-71(10,11)12)80-67(93)81-53(65(91)99-72(13,14)15)37-40-59(85)97-70(7,8)9/h19-21,24-25,27-34,50-55H,22-23,26,35-44H2,1-18H3,(H,75,87)(H,76,82)(H,77,86)(H,78,88)(H,79,89)(H2,80,81,93)/t50-,51-,52-,53-,54-,55-/m0/s1. The predicted molar refractivity (Wildman–Crippen MR) is 381 cm³/mol. The van der Waals surface area contributed by atoms with Crippen molar-refractivity contribution in [1.29, 1.82) is 0 Å². The molecule has 0 aliphatic heterocycles. The van der Waals surface area contributed by atoms with E-state index in [9.17, 15) is 57.5 Å². The van der Waals surface area contributed by atoms with Gasteiger partial charge in [0.25, 0.3) is 11.8 Å². The fraction of sp³-hybridized carbons (Fsp3) is 0.589. The van der Waals surface area contributed by atoms with Crippen LogP contribution < -0.4 is 42.0 Å². The summed E-state index contributed by atoms with van der Waals surface area (Å²) in [5, 5.41) is 18.8. The van der Waals surface area contributed by atoms with Gasteiger partial charge in [-0.1, -0.05) is 42.5 Å². The molecule has 6 atom stereocenters. The predicted octanol–water partition coefficient (Wildman–Crippen LogP) is 8.42. The first-order chi connectivity index (χ1) is 46.1. The number of esters is 6. The smallest absolute Gasteiger partial charge is 0.329 e. The van der Waals surface area contributed by atoms with E-state index in [4.69, 9.17) is 33.2 Å². The van der Waals surface area contributed by atoms with Crippen molar-refractivity contribution in [3.05, 3.63) is 99.1 Å². The van der Waals surface area contributed by atoms with Crippen molar-refractivity contribution in [3.63, 3.8) is 0 Å². The lowest BCUT2D eigenvalue weighted by atomic mass is 10.0. The average Bonchev–Trinajstić information content (AvgIpc) is 0.864. The first-order valence-corrected chi connectivity index (χ1v) is 34.6. The largest absolute Gasteiger partial charge is 0.484 e. The van der Waals surface area contributed by atoms with E-state index in [1.807, 2.05) is 0 Å². The number of carbonyl (C=O) groups is 12. The number of ether oxygens (including phenoxy) is 7. The molecule has 7 N–H and O–H groups in total. The number of nitrogens with one attached hydrogen (secondary N) is 7. The zero-order chi connectivity index (χ0) is 75.6. The summed E-state index contributed by atoms with van der Waals surface area (Å²) in [4.78, 5) is 163. The van der Waals surface area contributed by atoms with Gasteiger partial charge in [-0.25, -0.2) is 19.2 Å². The van der Waals surface area contributed by atoms with E-state index >= 15 is 0 Å². The van der Waals surface area contributed by atoms with Crippen LogP contribution in [0.1, 0.15) is 204 Å². The Hall–Kier alpha value is -8.37. The third kappa shape index (κ3) is 37.2. The molecule has 3 aromatic rings. The Labute approximate surface area is 601 Å². The van der Waals surface area contributed by atoms with Crippen molar-refractivity contribution in [2.75, 3.05) is 13.2 Å². The van der Waals surface area contributed by atoms with Crippen molar-refractivity contribution in [3.8, 4) is 5.75 Å². The Bertz CT molecular complexity index is 3250. The second-order valence-electron chi connectivity index (χ2n) is 30.1. The number of benzene rings is 3. The van der Waals surface area contributed by atoms with Gasteiger partial charge in [-0.3, -0.25) is 38.4 Å². The maximum Gasteiger partial charge on any atom is 0.329 e. The van der Waals surface area contributed by atoms with Gasteiger partial charge in [0.05, 0.1) is 0 Å². The summed E-state index contributed by atoms with van der Waals surface area (Å²) in [5.74, 6) is -7.66. The van der Waals surface area contributed by atoms with Gasteiger partial charge in [-0.2, -0.15) is 0 Å². The third-order valence-electron chi connectivity index (χ3n) is 13.4. The van der Waals surface area contributed by atoms with Gasteiger partial charge in [-0.15, -0.1) is 0 Å². The molecular weight excluding hydrogens is 1410 g/mol. The molecule has 0 heterocycles. The zero-order valence-corrected chi connectivity index (χ0v) is 63.5. The van der Waals surface area contributed by atoms with Crippen LogP contribution in [0.3, 0.4) is 0 Å². The first kappa shape index (κ1) is 85.9. The fourth-order valence-corrected chi connectivity index (χ4v) is 9.63. The minimum Gasteiger partial charge on any atom is -0.484 e. The Balaban J connectivity index is 1.79. The Morgan fingerprint density at radius 2 is 0.770 bits per heavy atom. The fourth-order valence-electron chi connectivity index (χ4n) is 9.27. The van der Waals surface area contributed by atoms with E-state index in [0.717, 1.165) is 9.13 Å². The van der Waals surface area contributed by atoms with Crippen LogP contribution in [0.25, 0.3) is 0 Å². The molecule has 0 bridgehead atoms. The number of carbonyl (C=O) groups excluding carboxylic acids is 12. The molecule has 0 aliphatic carbocycles. The monoisotopic (exact) mass is 1510 g/mol.